The Balaban J connectivity index is 1.99. The van der Waals surface area contributed by atoms with E-state index in [0.29, 0.717) is 32.7 Å². The quantitative estimate of drug-likeness (QED) is 0.494. The van der Waals surface area contributed by atoms with E-state index in [9.17, 15) is 10.2 Å². The van der Waals surface area contributed by atoms with Gasteiger partial charge in [-0.1, -0.05) is 0 Å². The van der Waals surface area contributed by atoms with Gasteiger partial charge < -0.3 is 29.7 Å². The summed E-state index contributed by atoms with van der Waals surface area (Å²) in [5.74, 6) is 0. The van der Waals surface area contributed by atoms with Crippen LogP contribution in [0.2, 0.25) is 0 Å². The molecule has 0 bridgehead atoms. The molecular formula is C14H29NO5. The van der Waals surface area contributed by atoms with Crippen molar-refractivity contribution in [3.05, 3.63) is 0 Å². The fraction of sp³-hybridized carbons (Fsp3) is 1.00. The van der Waals surface area contributed by atoms with E-state index in [0.717, 1.165) is 19.4 Å². The van der Waals surface area contributed by atoms with Gasteiger partial charge >= 0.3 is 0 Å². The number of hydrogen-bond acceptors (Lipinski definition) is 6. The zero-order valence-electron chi connectivity index (χ0n) is 12.6. The van der Waals surface area contributed by atoms with Crippen molar-refractivity contribution in [2.75, 3.05) is 46.6 Å². The van der Waals surface area contributed by atoms with Crippen molar-refractivity contribution in [3.63, 3.8) is 0 Å². The smallest absolute Gasteiger partial charge is 0.0897 e. The summed E-state index contributed by atoms with van der Waals surface area (Å²) in [6.45, 7) is 4.72. The first-order valence-electron chi connectivity index (χ1n) is 7.33. The lowest BCUT2D eigenvalue weighted by atomic mass is 10.0. The highest BCUT2D eigenvalue weighted by molar-refractivity contribution is 4.76. The normalized spacial score (nSPS) is 23.7. The molecule has 1 aliphatic rings. The van der Waals surface area contributed by atoms with Crippen LogP contribution in [-0.2, 0) is 14.2 Å². The second-order valence-corrected chi connectivity index (χ2v) is 5.70. The molecule has 0 aromatic heterocycles. The Morgan fingerprint density at radius 2 is 2.30 bits per heavy atom. The molecule has 6 nitrogen and oxygen atoms in total. The number of aliphatic hydroxyl groups is 2. The highest BCUT2D eigenvalue weighted by Crippen LogP contribution is 2.12. The number of nitrogens with one attached hydrogen (secondary N) is 1. The van der Waals surface area contributed by atoms with Crippen molar-refractivity contribution in [2.45, 2.75) is 44.0 Å². The molecule has 1 heterocycles. The summed E-state index contributed by atoms with van der Waals surface area (Å²) in [6, 6.07) is 0. The summed E-state index contributed by atoms with van der Waals surface area (Å²) in [6.07, 6.45) is 2.30. The van der Waals surface area contributed by atoms with Crippen LogP contribution in [0.1, 0.15) is 26.2 Å². The van der Waals surface area contributed by atoms with Crippen LogP contribution in [0.15, 0.2) is 0 Å². The topological polar surface area (TPSA) is 80.2 Å². The summed E-state index contributed by atoms with van der Waals surface area (Å²) in [5, 5.41) is 22.8. The Bertz CT molecular complexity index is 244. The summed E-state index contributed by atoms with van der Waals surface area (Å²) >= 11 is 0. The maximum atomic E-state index is 10.0. The van der Waals surface area contributed by atoms with Gasteiger partial charge in [-0.15, -0.1) is 0 Å². The van der Waals surface area contributed by atoms with Gasteiger partial charge in [-0.25, -0.2) is 0 Å². The Morgan fingerprint density at radius 3 is 2.95 bits per heavy atom. The molecule has 3 N–H and O–H groups in total. The van der Waals surface area contributed by atoms with Gasteiger partial charge in [0, 0.05) is 39.8 Å². The van der Waals surface area contributed by atoms with E-state index in [2.05, 4.69) is 5.32 Å². The zero-order valence-corrected chi connectivity index (χ0v) is 12.6. The Labute approximate surface area is 121 Å². The van der Waals surface area contributed by atoms with Crippen molar-refractivity contribution in [2.24, 2.45) is 0 Å². The van der Waals surface area contributed by atoms with Gasteiger partial charge in [-0.2, -0.15) is 0 Å². The molecule has 0 saturated carbocycles. The standard InChI is InChI=1S/C14H29NO5/c1-14(17,5-7-18-2)11-15-8-12(16)9-19-10-13-4-3-6-20-13/h12-13,15-17H,3-11H2,1-2H3. The highest BCUT2D eigenvalue weighted by atomic mass is 16.5. The van der Waals surface area contributed by atoms with Gasteiger partial charge in [-0.3, -0.25) is 0 Å². The largest absolute Gasteiger partial charge is 0.389 e. The van der Waals surface area contributed by atoms with Crippen LogP contribution >= 0.6 is 0 Å². The molecule has 3 unspecified atom stereocenters. The minimum Gasteiger partial charge on any atom is -0.389 e. The summed E-state index contributed by atoms with van der Waals surface area (Å²) in [7, 11) is 1.61. The van der Waals surface area contributed by atoms with Crippen molar-refractivity contribution >= 4 is 0 Å². The first-order valence-corrected chi connectivity index (χ1v) is 7.33. The average Bonchev–Trinajstić information content (AvgIpc) is 2.89. The third-order valence-electron chi connectivity index (χ3n) is 3.37. The summed E-state index contributed by atoms with van der Waals surface area (Å²) < 4.78 is 15.8. The number of aliphatic hydroxyl groups excluding tert-OH is 1. The van der Waals surface area contributed by atoms with E-state index in [4.69, 9.17) is 14.2 Å². The van der Waals surface area contributed by atoms with Crippen LogP contribution in [0.25, 0.3) is 0 Å². The van der Waals surface area contributed by atoms with E-state index in [1.165, 1.54) is 0 Å². The molecule has 0 amide bonds. The molecule has 0 aliphatic carbocycles. The molecule has 6 heteroatoms. The lowest BCUT2D eigenvalue weighted by Crippen LogP contribution is -2.42. The molecule has 0 aromatic rings. The minimum absolute atomic E-state index is 0.185. The molecule has 1 saturated heterocycles. The van der Waals surface area contributed by atoms with Crippen molar-refractivity contribution in [1.29, 1.82) is 0 Å². The van der Waals surface area contributed by atoms with E-state index >= 15 is 0 Å². The molecular weight excluding hydrogens is 262 g/mol. The molecule has 3 atom stereocenters. The molecule has 1 rings (SSSR count). The van der Waals surface area contributed by atoms with Crippen LogP contribution in [0.5, 0.6) is 0 Å². The highest BCUT2D eigenvalue weighted by Gasteiger charge is 2.20. The molecule has 0 aromatic carbocycles. The van der Waals surface area contributed by atoms with Crippen molar-refractivity contribution < 1.29 is 24.4 Å². The number of ether oxygens (including phenoxy) is 3. The van der Waals surface area contributed by atoms with Crippen LogP contribution in [0.3, 0.4) is 0 Å². The summed E-state index contributed by atoms with van der Waals surface area (Å²) in [5.41, 5.74) is -0.825. The monoisotopic (exact) mass is 291 g/mol. The fourth-order valence-corrected chi connectivity index (χ4v) is 2.09. The van der Waals surface area contributed by atoms with Crippen molar-refractivity contribution in [1.82, 2.24) is 5.32 Å². The first kappa shape index (κ1) is 17.8. The maximum absolute atomic E-state index is 10.0. The van der Waals surface area contributed by atoms with Crippen molar-refractivity contribution in [3.8, 4) is 0 Å². The van der Waals surface area contributed by atoms with Crippen LogP contribution in [-0.4, -0.2) is 74.6 Å². The van der Waals surface area contributed by atoms with Crippen LogP contribution in [0.4, 0.5) is 0 Å². The molecule has 1 fully saturated rings. The van der Waals surface area contributed by atoms with Gasteiger partial charge in [0.25, 0.3) is 0 Å². The molecule has 120 valence electrons. The van der Waals surface area contributed by atoms with E-state index in [1.807, 2.05) is 0 Å². The predicted octanol–water partition coefficient (Wildman–Crippen LogP) is -0.0800. The Hall–Kier alpha value is -0.240. The van der Waals surface area contributed by atoms with E-state index < -0.39 is 11.7 Å². The lowest BCUT2D eigenvalue weighted by molar-refractivity contribution is -0.0192. The van der Waals surface area contributed by atoms with Gasteiger partial charge in [0.05, 0.1) is 31.0 Å². The SMILES string of the molecule is COCCC(C)(O)CNCC(O)COCC1CCCO1. The van der Waals surface area contributed by atoms with Crippen LogP contribution < -0.4 is 5.32 Å². The Kier molecular flexibility index (Phi) is 8.60. The third kappa shape index (κ3) is 8.14. The van der Waals surface area contributed by atoms with Gasteiger partial charge in [0.1, 0.15) is 0 Å². The van der Waals surface area contributed by atoms with E-state index in [1.54, 1.807) is 14.0 Å². The Morgan fingerprint density at radius 1 is 1.50 bits per heavy atom. The van der Waals surface area contributed by atoms with E-state index in [-0.39, 0.29) is 12.7 Å². The third-order valence-corrected chi connectivity index (χ3v) is 3.37. The molecule has 0 spiro atoms. The second-order valence-electron chi connectivity index (χ2n) is 5.70. The predicted molar refractivity (Wildman–Crippen MR) is 75.8 cm³/mol. The number of methoxy groups -OCH3 is 1. The fourth-order valence-electron chi connectivity index (χ4n) is 2.09. The molecule has 20 heavy (non-hydrogen) atoms. The second kappa shape index (κ2) is 9.65. The number of hydrogen-bond donors (Lipinski definition) is 3. The molecule has 0 radical (unpaired) electrons. The van der Waals surface area contributed by atoms with Crippen LogP contribution in [0, 0.1) is 0 Å². The number of rotatable bonds is 11. The average molecular weight is 291 g/mol. The minimum atomic E-state index is -0.825. The maximum Gasteiger partial charge on any atom is 0.0897 e. The molecule has 1 aliphatic heterocycles. The van der Waals surface area contributed by atoms with Gasteiger partial charge in [-0.05, 0) is 19.8 Å². The first-order chi connectivity index (χ1) is 9.53. The van der Waals surface area contributed by atoms with Gasteiger partial charge in [0.15, 0.2) is 0 Å². The van der Waals surface area contributed by atoms with Gasteiger partial charge in [0.2, 0.25) is 0 Å². The summed E-state index contributed by atoms with van der Waals surface area (Å²) in [4.78, 5) is 0. The lowest BCUT2D eigenvalue weighted by Gasteiger charge is -2.24. The zero-order chi connectivity index (χ0) is 14.8.